The lowest BCUT2D eigenvalue weighted by atomic mass is 9.99. The van der Waals surface area contributed by atoms with E-state index in [1.807, 2.05) is 0 Å². The Morgan fingerprint density at radius 3 is 1.00 bits per heavy atom. The first-order chi connectivity index (χ1) is 15.8. The van der Waals surface area contributed by atoms with Gasteiger partial charge in [0.1, 0.15) is 37.2 Å². The molecule has 4 rings (SSSR count). The molecule has 0 radical (unpaired) electrons. The molecule has 0 saturated heterocycles. The van der Waals surface area contributed by atoms with Gasteiger partial charge in [0, 0.05) is 40.0 Å². The van der Waals surface area contributed by atoms with Crippen molar-refractivity contribution in [3.63, 3.8) is 0 Å². The number of aromatic nitrogens is 6. The molecule has 3 heterocycles. The van der Waals surface area contributed by atoms with Gasteiger partial charge in [-0.25, -0.2) is 27.4 Å². The predicted molar refractivity (Wildman–Crippen MR) is 129 cm³/mol. The molecule has 0 spiro atoms. The second-order valence-corrected chi connectivity index (χ2v) is 9.36. The molecule has 174 valence electrons. The molecular weight excluding hydrogens is 408 g/mol. The summed E-state index contributed by atoms with van der Waals surface area (Å²) in [6.07, 6.45) is 16.1. The van der Waals surface area contributed by atoms with E-state index in [1.165, 1.54) is 34.2 Å². The van der Waals surface area contributed by atoms with Gasteiger partial charge in [0.25, 0.3) is 17.5 Å². The maximum atomic E-state index is 2.42. The van der Waals surface area contributed by atoms with Crippen LogP contribution in [-0.4, -0.2) is 13.7 Å². The molecule has 33 heavy (non-hydrogen) atoms. The van der Waals surface area contributed by atoms with Gasteiger partial charge in [-0.3, -0.25) is 0 Å². The van der Waals surface area contributed by atoms with Crippen LogP contribution in [0.4, 0.5) is 0 Å². The summed E-state index contributed by atoms with van der Waals surface area (Å²) in [6, 6.07) is 7.26. The number of hydrogen-bond donors (Lipinski definition) is 0. The molecule has 1 aromatic carbocycles. The van der Waals surface area contributed by atoms with Gasteiger partial charge >= 0.3 is 0 Å². The van der Waals surface area contributed by atoms with Crippen molar-refractivity contribution < 1.29 is 13.7 Å². The van der Waals surface area contributed by atoms with Gasteiger partial charge in [0.2, 0.25) is 0 Å². The van der Waals surface area contributed by atoms with Crippen LogP contribution < -0.4 is 13.7 Å². The molecule has 6 nitrogen and oxygen atoms in total. The maximum absolute atomic E-state index is 2.42. The first kappa shape index (κ1) is 23.0. The lowest BCUT2D eigenvalue weighted by molar-refractivity contribution is -0.677. The number of nitrogens with zero attached hydrogens (tertiary/aromatic N) is 6. The summed E-state index contributed by atoms with van der Waals surface area (Å²) in [6.45, 7) is 9.57. The van der Waals surface area contributed by atoms with Crippen molar-refractivity contribution in [2.24, 2.45) is 21.1 Å². The summed E-state index contributed by atoms with van der Waals surface area (Å²) in [5.74, 6) is 3.87. The Morgan fingerprint density at radius 1 is 0.515 bits per heavy atom. The maximum Gasteiger partial charge on any atom is 0.253 e. The number of benzene rings is 1. The van der Waals surface area contributed by atoms with Crippen molar-refractivity contribution >= 4 is 0 Å². The topological polar surface area (TPSA) is 26.4 Å². The molecule has 0 N–H and O–H groups in total. The lowest BCUT2D eigenvalue weighted by Gasteiger charge is -2.10. The molecule has 0 amide bonds. The highest BCUT2D eigenvalue weighted by Crippen LogP contribution is 2.16. The number of imidazole rings is 3. The molecule has 6 heteroatoms. The summed E-state index contributed by atoms with van der Waals surface area (Å²) in [7, 11) is 6.32. The Labute approximate surface area is 198 Å². The summed E-state index contributed by atoms with van der Waals surface area (Å²) in [5.41, 5.74) is 4.30. The molecule has 0 fully saturated rings. The van der Waals surface area contributed by atoms with Crippen molar-refractivity contribution in [1.29, 1.82) is 0 Å². The van der Waals surface area contributed by atoms with Crippen LogP contribution >= 0.6 is 0 Å². The fourth-order valence-corrected chi connectivity index (χ4v) is 4.53. The van der Waals surface area contributed by atoms with Gasteiger partial charge in [-0.15, -0.1) is 0 Å². The van der Waals surface area contributed by atoms with Crippen molar-refractivity contribution in [1.82, 2.24) is 13.7 Å². The van der Waals surface area contributed by atoms with E-state index in [-0.39, 0.29) is 0 Å². The zero-order valence-electron chi connectivity index (χ0n) is 21.1. The van der Waals surface area contributed by atoms with Gasteiger partial charge in [-0.05, 0) is 16.7 Å². The van der Waals surface area contributed by atoms with Crippen molar-refractivity contribution in [3.8, 4) is 0 Å². The second-order valence-electron chi connectivity index (χ2n) is 9.36. The van der Waals surface area contributed by atoms with E-state index in [0.29, 0.717) is 0 Å². The molecular formula is C27H39N6+3. The molecule has 0 aliphatic carbocycles. The van der Waals surface area contributed by atoms with E-state index in [0.717, 1.165) is 38.9 Å². The monoisotopic (exact) mass is 447 g/mol. The Morgan fingerprint density at radius 2 is 0.788 bits per heavy atom. The normalized spacial score (nSPS) is 11.5. The zero-order chi connectivity index (χ0) is 23.5. The largest absolute Gasteiger partial charge is 0.253 e. The molecule has 0 aliphatic heterocycles. The van der Waals surface area contributed by atoms with Gasteiger partial charge in [-0.2, -0.15) is 0 Å². The van der Waals surface area contributed by atoms with Crippen LogP contribution in [0.3, 0.4) is 0 Å². The molecule has 4 aromatic rings. The van der Waals surface area contributed by atoms with Gasteiger partial charge in [0.05, 0.1) is 40.8 Å². The van der Waals surface area contributed by atoms with Gasteiger partial charge in [0.15, 0.2) is 0 Å². The SMILES string of the molecule is Cc1n(CCc2cc(CCn3cc[n+](C)c3C)cc(CCn3cc[n+](C)c3C)c2)cc[n+]1C. The summed E-state index contributed by atoms with van der Waals surface area (Å²) in [4.78, 5) is 0. The number of hydrogen-bond acceptors (Lipinski definition) is 0. The number of rotatable bonds is 9. The van der Waals surface area contributed by atoms with Crippen molar-refractivity contribution in [2.45, 2.75) is 59.7 Å². The van der Waals surface area contributed by atoms with E-state index in [9.17, 15) is 0 Å². The molecule has 0 aliphatic rings. The Hall–Kier alpha value is -3.15. The van der Waals surface area contributed by atoms with E-state index in [1.54, 1.807) is 0 Å². The van der Waals surface area contributed by atoms with E-state index >= 15 is 0 Å². The van der Waals surface area contributed by atoms with E-state index in [4.69, 9.17) is 0 Å². The quantitative estimate of drug-likeness (QED) is 0.352. The third-order valence-electron chi connectivity index (χ3n) is 7.23. The molecule has 0 atom stereocenters. The lowest BCUT2D eigenvalue weighted by Crippen LogP contribution is -2.29. The Bertz CT molecular complexity index is 1070. The van der Waals surface area contributed by atoms with Crippen LogP contribution in [0.5, 0.6) is 0 Å². The average molecular weight is 448 g/mol. The molecule has 3 aromatic heterocycles. The van der Waals surface area contributed by atoms with Crippen LogP contribution in [0.1, 0.15) is 34.2 Å². The average Bonchev–Trinajstić information content (AvgIpc) is 3.42. The number of aryl methyl sites for hydroxylation is 9. The molecule has 0 saturated carbocycles. The highest BCUT2D eigenvalue weighted by atomic mass is 15.1. The fourth-order valence-electron chi connectivity index (χ4n) is 4.53. The minimum atomic E-state index is 1.01. The first-order valence-electron chi connectivity index (χ1n) is 12.0. The highest BCUT2D eigenvalue weighted by Gasteiger charge is 2.13. The highest BCUT2D eigenvalue weighted by molar-refractivity contribution is 5.31. The standard InChI is InChI=1S/C27H39N6/c1-22-28(4)13-16-31(22)10-7-25-19-26(8-11-32-17-14-29(5)23(32)2)21-27(20-25)9-12-33-18-15-30(6)24(33)3/h13-21H,7-12H2,1-6H3/q+3. The third kappa shape index (κ3) is 5.27. The predicted octanol–water partition coefficient (Wildman–Crippen LogP) is 2.22. The van der Waals surface area contributed by atoms with Gasteiger partial charge < -0.3 is 0 Å². The van der Waals surface area contributed by atoms with E-state index < -0.39 is 0 Å². The van der Waals surface area contributed by atoms with Crippen molar-refractivity contribution in [3.05, 3.63) is 89.5 Å². The molecule has 0 bridgehead atoms. The minimum absolute atomic E-state index is 1.01. The third-order valence-corrected chi connectivity index (χ3v) is 7.23. The zero-order valence-corrected chi connectivity index (χ0v) is 21.1. The smallest absolute Gasteiger partial charge is 0.237 e. The van der Waals surface area contributed by atoms with Crippen LogP contribution in [0.25, 0.3) is 0 Å². The summed E-state index contributed by atoms with van der Waals surface area (Å²) < 4.78 is 13.6. The first-order valence-corrected chi connectivity index (χ1v) is 12.0. The summed E-state index contributed by atoms with van der Waals surface area (Å²) in [5, 5.41) is 0. The minimum Gasteiger partial charge on any atom is -0.237 e. The van der Waals surface area contributed by atoms with Crippen LogP contribution in [0.15, 0.2) is 55.4 Å². The molecule has 0 unspecified atom stereocenters. The van der Waals surface area contributed by atoms with Crippen molar-refractivity contribution in [2.75, 3.05) is 0 Å². The fraction of sp³-hybridized carbons (Fsp3) is 0.444. The second kappa shape index (κ2) is 9.77. The Kier molecular flexibility index (Phi) is 6.82. The summed E-state index contributed by atoms with van der Waals surface area (Å²) >= 11 is 0. The van der Waals surface area contributed by atoms with Crippen LogP contribution in [-0.2, 0) is 60.0 Å². The van der Waals surface area contributed by atoms with Crippen LogP contribution in [0, 0.1) is 20.8 Å². The van der Waals surface area contributed by atoms with E-state index in [2.05, 4.69) is 125 Å². The Balaban J connectivity index is 1.52. The van der Waals surface area contributed by atoms with Crippen LogP contribution in [0.2, 0.25) is 0 Å². The van der Waals surface area contributed by atoms with Gasteiger partial charge in [-0.1, -0.05) is 18.2 Å².